The van der Waals surface area contributed by atoms with Crippen molar-refractivity contribution >= 4 is 11.7 Å². The molecule has 0 radical (unpaired) electrons. The summed E-state index contributed by atoms with van der Waals surface area (Å²) in [5.41, 5.74) is 0. The van der Waals surface area contributed by atoms with Crippen LogP contribution in [0.2, 0.25) is 0 Å². The van der Waals surface area contributed by atoms with Crippen molar-refractivity contribution in [3.63, 3.8) is 0 Å². The van der Waals surface area contributed by atoms with Crippen LogP contribution >= 0.6 is 0 Å². The Kier molecular flexibility index (Phi) is 7.91. The fraction of sp³-hybridized carbons (Fsp3) is 0.889. The number of nitrogens with one attached hydrogen (secondary N) is 1. The number of methoxy groups -OCH3 is 1. The summed E-state index contributed by atoms with van der Waals surface area (Å²) in [6.07, 6.45) is -8.36. The van der Waals surface area contributed by atoms with Crippen LogP contribution in [0.1, 0.15) is 27.2 Å². The summed E-state index contributed by atoms with van der Waals surface area (Å²) < 4.78 is 16.7. The lowest BCUT2D eigenvalue weighted by Gasteiger charge is -2.47. The first-order valence-corrected chi connectivity index (χ1v) is 9.38. The van der Waals surface area contributed by atoms with Gasteiger partial charge in [-0.15, -0.1) is 0 Å². The molecule has 10 heteroatoms. The van der Waals surface area contributed by atoms with Crippen molar-refractivity contribution in [2.45, 2.75) is 82.1 Å². The number of Topliss-reactive ketones (excluding diaryl/α,β-unsaturated/α-hetero) is 1. The van der Waals surface area contributed by atoms with Gasteiger partial charge in [-0.3, -0.25) is 9.59 Å². The zero-order valence-electron chi connectivity index (χ0n) is 16.5. The van der Waals surface area contributed by atoms with Crippen LogP contribution in [0.25, 0.3) is 0 Å². The van der Waals surface area contributed by atoms with E-state index in [9.17, 15) is 30.0 Å². The van der Waals surface area contributed by atoms with Crippen molar-refractivity contribution in [3.05, 3.63) is 0 Å². The highest BCUT2D eigenvalue weighted by molar-refractivity contribution is 5.79. The first-order chi connectivity index (χ1) is 13.1. The summed E-state index contributed by atoms with van der Waals surface area (Å²) in [7, 11) is 1.35. The number of aliphatic hydroxyl groups excluding tert-OH is 4. The molecule has 1 heterocycles. The highest BCUT2D eigenvalue weighted by atomic mass is 16.6. The molecule has 1 amide bonds. The van der Waals surface area contributed by atoms with E-state index in [0.717, 1.165) is 0 Å². The Hall–Kier alpha value is -1.14. The van der Waals surface area contributed by atoms with E-state index < -0.39 is 67.4 Å². The Labute approximate surface area is 163 Å². The number of amides is 1. The van der Waals surface area contributed by atoms with Crippen molar-refractivity contribution < 1.29 is 44.2 Å². The first kappa shape index (κ1) is 23.1. The third kappa shape index (κ3) is 4.70. The highest BCUT2D eigenvalue weighted by Crippen LogP contribution is 2.33. The quantitative estimate of drug-likeness (QED) is 0.329. The maximum Gasteiger partial charge on any atom is 0.217 e. The maximum absolute atomic E-state index is 12.0. The summed E-state index contributed by atoms with van der Waals surface area (Å²) in [6, 6.07) is -0.754. The lowest BCUT2D eigenvalue weighted by Crippen LogP contribution is -2.66. The van der Waals surface area contributed by atoms with Crippen molar-refractivity contribution in [2.24, 2.45) is 5.92 Å². The van der Waals surface area contributed by atoms with Gasteiger partial charge in [-0.05, 0) is 20.3 Å². The molecule has 2 aliphatic rings. The third-order valence-electron chi connectivity index (χ3n) is 5.59. The van der Waals surface area contributed by atoms with E-state index in [1.165, 1.54) is 21.0 Å². The predicted octanol–water partition coefficient (Wildman–Crippen LogP) is -2.27. The van der Waals surface area contributed by atoms with Crippen molar-refractivity contribution in [1.82, 2.24) is 5.32 Å². The lowest BCUT2D eigenvalue weighted by molar-refractivity contribution is -0.245. The van der Waals surface area contributed by atoms with E-state index in [1.54, 1.807) is 6.92 Å². The van der Waals surface area contributed by atoms with Gasteiger partial charge in [0.15, 0.2) is 0 Å². The van der Waals surface area contributed by atoms with Crippen molar-refractivity contribution in [1.29, 1.82) is 0 Å². The van der Waals surface area contributed by atoms with E-state index in [-0.39, 0.29) is 18.1 Å². The van der Waals surface area contributed by atoms with Gasteiger partial charge in [0.2, 0.25) is 5.91 Å². The monoisotopic (exact) mass is 405 g/mol. The zero-order valence-corrected chi connectivity index (χ0v) is 16.5. The molecule has 0 spiro atoms. The van der Waals surface area contributed by atoms with Gasteiger partial charge in [-0.25, -0.2) is 0 Å². The van der Waals surface area contributed by atoms with Crippen LogP contribution in [0.5, 0.6) is 0 Å². The molecular formula is C18H31NO9. The molecule has 0 aromatic heterocycles. The summed E-state index contributed by atoms with van der Waals surface area (Å²) >= 11 is 0. The number of ketones is 1. The normalized spacial score (nSPS) is 44.1. The van der Waals surface area contributed by atoms with Crippen molar-refractivity contribution in [2.75, 3.05) is 13.7 Å². The second-order valence-electron chi connectivity index (χ2n) is 7.55. The van der Waals surface area contributed by atoms with Gasteiger partial charge in [0.25, 0.3) is 0 Å². The Morgan fingerprint density at radius 1 is 1.11 bits per heavy atom. The zero-order chi connectivity index (χ0) is 21.2. The number of carbonyl (C=O) groups excluding carboxylic acids is 2. The summed E-state index contributed by atoms with van der Waals surface area (Å²) in [5, 5.41) is 43.6. The van der Waals surface area contributed by atoms with E-state index in [0.29, 0.717) is 0 Å². The first-order valence-electron chi connectivity index (χ1n) is 9.38. The lowest BCUT2D eigenvalue weighted by atomic mass is 9.78. The standard InChI is InChI=1S/C18H31NO9/c1-7(21)10-5-11(14(23)16(25)17(10)26-4)28-18-13(19-9(3)22)8(2)27-12(6-20)15(18)24/h8,10-18,20,23-25H,5-6H2,1-4H3,(H,19,22)/t8-,10+,11-,12?,13?,14?,15-,16?,17+,18+/m0/s1. The number of hydrogen-bond acceptors (Lipinski definition) is 9. The van der Waals surface area contributed by atoms with Gasteiger partial charge >= 0.3 is 0 Å². The number of aliphatic hydroxyl groups is 4. The number of hydrogen-bond donors (Lipinski definition) is 5. The minimum absolute atomic E-state index is 0.0705. The van der Waals surface area contributed by atoms with Gasteiger partial charge < -0.3 is 40.0 Å². The Bertz CT molecular complexity index is 559. The SMILES string of the molecule is CO[C@H]1C(O)C(O)[C@@H](O[C@@H]2C(NC(C)=O)[C@H](C)OC(CO)[C@@H]2O)C[C@@H]1C(C)=O. The molecule has 1 saturated carbocycles. The van der Waals surface area contributed by atoms with Crippen LogP contribution in [0.15, 0.2) is 0 Å². The van der Waals surface area contributed by atoms with Crippen molar-refractivity contribution in [3.8, 4) is 0 Å². The molecule has 0 aromatic rings. The molecule has 28 heavy (non-hydrogen) atoms. The maximum atomic E-state index is 12.0. The van der Waals surface area contributed by atoms with Gasteiger partial charge in [0.1, 0.15) is 36.3 Å². The molecular weight excluding hydrogens is 374 g/mol. The third-order valence-corrected chi connectivity index (χ3v) is 5.59. The van der Waals surface area contributed by atoms with E-state index in [2.05, 4.69) is 5.32 Å². The molecule has 2 fully saturated rings. The van der Waals surface area contributed by atoms with Crippen LogP contribution in [0.3, 0.4) is 0 Å². The number of carbonyl (C=O) groups is 2. The largest absolute Gasteiger partial charge is 0.394 e. The molecule has 0 aromatic carbocycles. The van der Waals surface area contributed by atoms with Crippen LogP contribution in [-0.2, 0) is 23.8 Å². The van der Waals surface area contributed by atoms with Gasteiger partial charge in [0, 0.05) is 20.0 Å². The molecule has 5 N–H and O–H groups in total. The minimum Gasteiger partial charge on any atom is -0.394 e. The fourth-order valence-corrected chi connectivity index (χ4v) is 4.10. The van der Waals surface area contributed by atoms with Crippen LogP contribution in [-0.4, -0.2) is 101 Å². The van der Waals surface area contributed by atoms with Crippen LogP contribution < -0.4 is 5.32 Å². The molecule has 1 aliphatic carbocycles. The Balaban J connectivity index is 2.26. The molecule has 0 bridgehead atoms. The Morgan fingerprint density at radius 2 is 1.75 bits per heavy atom. The summed E-state index contributed by atoms with van der Waals surface area (Å²) in [4.78, 5) is 23.6. The van der Waals surface area contributed by atoms with E-state index in [1.807, 2.05) is 0 Å². The molecule has 1 saturated heterocycles. The van der Waals surface area contributed by atoms with Gasteiger partial charge in [0.05, 0.1) is 31.0 Å². The second-order valence-corrected chi connectivity index (χ2v) is 7.55. The second kappa shape index (κ2) is 9.57. The van der Waals surface area contributed by atoms with Gasteiger partial charge in [-0.2, -0.15) is 0 Å². The fourth-order valence-electron chi connectivity index (χ4n) is 4.10. The number of ether oxygens (including phenoxy) is 3. The Morgan fingerprint density at radius 3 is 2.25 bits per heavy atom. The average Bonchev–Trinajstić information content (AvgIpc) is 2.63. The van der Waals surface area contributed by atoms with E-state index in [4.69, 9.17) is 14.2 Å². The molecule has 1 aliphatic heterocycles. The van der Waals surface area contributed by atoms with Gasteiger partial charge in [-0.1, -0.05) is 0 Å². The van der Waals surface area contributed by atoms with E-state index >= 15 is 0 Å². The highest BCUT2D eigenvalue weighted by Gasteiger charge is 2.50. The molecule has 10 atom stereocenters. The molecule has 10 nitrogen and oxygen atoms in total. The predicted molar refractivity (Wildman–Crippen MR) is 95.3 cm³/mol. The summed E-state index contributed by atoms with van der Waals surface area (Å²) in [6.45, 7) is 3.88. The minimum atomic E-state index is -1.36. The average molecular weight is 405 g/mol. The van der Waals surface area contributed by atoms with Crippen LogP contribution in [0.4, 0.5) is 0 Å². The number of rotatable bonds is 6. The van der Waals surface area contributed by atoms with Crippen LogP contribution in [0, 0.1) is 5.92 Å². The topological polar surface area (TPSA) is 155 Å². The molecule has 2 rings (SSSR count). The smallest absolute Gasteiger partial charge is 0.217 e. The molecule has 162 valence electrons. The molecule has 4 unspecified atom stereocenters. The summed E-state index contributed by atoms with van der Waals surface area (Å²) in [5.74, 6) is -1.29.